The summed E-state index contributed by atoms with van der Waals surface area (Å²) in [4.78, 5) is 14.6. The van der Waals surface area contributed by atoms with Gasteiger partial charge < -0.3 is 10.6 Å². The quantitative estimate of drug-likeness (QED) is 0.432. The van der Waals surface area contributed by atoms with Gasteiger partial charge in [0.1, 0.15) is 12.4 Å². The van der Waals surface area contributed by atoms with Crippen LogP contribution in [-0.2, 0) is 4.79 Å². The topological polar surface area (TPSA) is 53.5 Å². The summed E-state index contributed by atoms with van der Waals surface area (Å²) in [6, 6.07) is 0. The molecule has 4 nitrogen and oxygen atoms in total. The Hall–Kier alpha value is -1.32. The second kappa shape index (κ2) is 1.34. The third kappa shape index (κ3) is 0.468. The molecule has 0 aromatic rings. The van der Waals surface area contributed by atoms with Crippen LogP contribution in [0.3, 0.4) is 0 Å². The number of aliphatic imine (C=N–C) groups is 1. The van der Waals surface area contributed by atoms with Gasteiger partial charge in [-0.05, 0) is 0 Å². The van der Waals surface area contributed by atoms with E-state index < -0.39 is 0 Å². The molecular weight excluding hydrogens is 118 g/mol. The summed E-state index contributed by atoms with van der Waals surface area (Å²) in [6.45, 7) is 0.536. The molecule has 2 rings (SSSR count). The maximum absolute atomic E-state index is 10.7. The SMILES string of the molecule is O=C1NC=C2NCN=C12. The summed E-state index contributed by atoms with van der Waals surface area (Å²) in [6.07, 6.45) is 1.63. The van der Waals surface area contributed by atoms with E-state index in [4.69, 9.17) is 0 Å². The summed E-state index contributed by atoms with van der Waals surface area (Å²) in [5.41, 5.74) is 1.36. The maximum Gasteiger partial charge on any atom is 0.275 e. The van der Waals surface area contributed by atoms with Crippen molar-refractivity contribution in [3.05, 3.63) is 11.9 Å². The van der Waals surface area contributed by atoms with Crippen LogP contribution in [0.4, 0.5) is 0 Å². The van der Waals surface area contributed by atoms with Gasteiger partial charge in [0.05, 0.1) is 5.70 Å². The van der Waals surface area contributed by atoms with E-state index in [0.29, 0.717) is 12.4 Å². The van der Waals surface area contributed by atoms with E-state index in [0.717, 1.165) is 5.70 Å². The Morgan fingerprint density at radius 2 is 2.56 bits per heavy atom. The number of hydrogen-bond donors (Lipinski definition) is 2. The van der Waals surface area contributed by atoms with Gasteiger partial charge in [0, 0.05) is 6.20 Å². The molecule has 2 aliphatic heterocycles. The van der Waals surface area contributed by atoms with E-state index in [9.17, 15) is 4.79 Å². The van der Waals surface area contributed by atoms with Crippen molar-refractivity contribution in [2.45, 2.75) is 0 Å². The van der Waals surface area contributed by atoms with Gasteiger partial charge in [0.25, 0.3) is 5.91 Å². The molecule has 0 atom stereocenters. The zero-order valence-electron chi connectivity index (χ0n) is 4.64. The fourth-order valence-corrected chi connectivity index (χ4v) is 0.892. The fraction of sp³-hybridized carbons (Fsp3) is 0.200. The van der Waals surface area contributed by atoms with Crippen LogP contribution in [0.5, 0.6) is 0 Å². The van der Waals surface area contributed by atoms with Gasteiger partial charge in [-0.1, -0.05) is 0 Å². The number of nitrogens with zero attached hydrogens (tertiary/aromatic N) is 1. The molecule has 0 aliphatic carbocycles. The molecule has 4 heteroatoms. The first kappa shape index (κ1) is 4.55. The summed E-state index contributed by atoms with van der Waals surface area (Å²) in [7, 11) is 0. The lowest BCUT2D eigenvalue weighted by Gasteiger charge is -1.87. The van der Waals surface area contributed by atoms with Gasteiger partial charge in [-0.25, -0.2) is 0 Å². The van der Waals surface area contributed by atoms with Crippen molar-refractivity contribution in [1.29, 1.82) is 0 Å². The molecule has 0 radical (unpaired) electrons. The van der Waals surface area contributed by atoms with Gasteiger partial charge in [-0.15, -0.1) is 0 Å². The third-order valence-corrected chi connectivity index (χ3v) is 1.32. The van der Waals surface area contributed by atoms with Gasteiger partial charge in [0.15, 0.2) is 0 Å². The first-order valence-electron chi connectivity index (χ1n) is 2.67. The molecule has 2 heterocycles. The van der Waals surface area contributed by atoms with Crippen molar-refractivity contribution in [3.63, 3.8) is 0 Å². The number of hydrogen-bond acceptors (Lipinski definition) is 3. The first-order valence-corrected chi connectivity index (χ1v) is 2.67. The van der Waals surface area contributed by atoms with E-state index in [1.165, 1.54) is 0 Å². The highest BCUT2D eigenvalue weighted by Crippen LogP contribution is 2.05. The van der Waals surface area contributed by atoms with Gasteiger partial charge in [0.2, 0.25) is 0 Å². The van der Waals surface area contributed by atoms with Crippen LogP contribution in [0, 0.1) is 0 Å². The van der Waals surface area contributed by atoms with Crippen LogP contribution in [0.15, 0.2) is 16.9 Å². The Kier molecular flexibility index (Phi) is 0.677. The minimum atomic E-state index is -0.102. The summed E-state index contributed by atoms with van der Waals surface area (Å²) in [5.74, 6) is -0.102. The monoisotopic (exact) mass is 123 g/mol. The molecule has 1 amide bonds. The van der Waals surface area contributed by atoms with Crippen LogP contribution in [-0.4, -0.2) is 18.3 Å². The third-order valence-electron chi connectivity index (χ3n) is 1.32. The van der Waals surface area contributed by atoms with Crippen molar-refractivity contribution in [2.24, 2.45) is 4.99 Å². The number of amides is 1. The fourth-order valence-electron chi connectivity index (χ4n) is 0.892. The summed E-state index contributed by atoms with van der Waals surface area (Å²) < 4.78 is 0. The van der Waals surface area contributed by atoms with E-state index in [2.05, 4.69) is 15.6 Å². The smallest absolute Gasteiger partial charge is 0.275 e. The first-order chi connectivity index (χ1) is 4.38. The van der Waals surface area contributed by atoms with E-state index in [1.54, 1.807) is 6.20 Å². The molecule has 0 aromatic heterocycles. The Labute approximate surface area is 51.7 Å². The summed E-state index contributed by atoms with van der Waals surface area (Å²) in [5, 5.41) is 5.45. The van der Waals surface area contributed by atoms with Crippen LogP contribution in [0.25, 0.3) is 0 Å². The van der Waals surface area contributed by atoms with Crippen LogP contribution in [0.2, 0.25) is 0 Å². The molecule has 2 N–H and O–H groups in total. The number of carbonyl (C=O) groups excluding carboxylic acids is 1. The van der Waals surface area contributed by atoms with Crippen molar-refractivity contribution in [3.8, 4) is 0 Å². The van der Waals surface area contributed by atoms with Gasteiger partial charge in [-0.3, -0.25) is 9.79 Å². The Morgan fingerprint density at radius 1 is 1.67 bits per heavy atom. The molecule has 2 aliphatic rings. The Morgan fingerprint density at radius 3 is 3.33 bits per heavy atom. The molecule has 0 bridgehead atoms. The van der Waals surface area contributed by atoms with Crippen molar-refractivity contribution >= 4 is 11.6 Å². The van der Waals surface area contributed by atoms with Crippen LogP contribution < -0.4 is 10.6 Å². The molecule has 9 heavy (non-hydrogen) atoms. The molecule has 46 valence electrons. The van der Waals surface area contributed by atoms with E-state index in [1.807, 2.05) is 0 Å². The zero-order chi connectivity index (χ0) is 6.27. The summed E-state index contributed by atoms with van der Waals surface area (Å²) >= 11 is 0. The average Bonchev–Trinajstić information content (AvgIpc) is 2.35. The molecule has 0 unspecified atom stereocenters. The lowest BCUT2D eigenvalue weighted by atomic mass is 10.3. The standard InChI is InChI=1S/C5H5N3O/c9-5-4-3(1-6-5)7-2-8-4/h1,7H,2H2,(H,6,9). The highest BCUT2D eigenvalue weighted by atomic mass is 16.2. The molecular formula is C5H5N3O. The van der Waals surface area contributed by atoms with E-state index >= 15 is 0 Å². The minimum Gasteiger partial charge on any atom is -0.363 e. The minimum absolute atomic E-state index is 0.102. The number of carbonyl (C=O) groups is 1. The van der Waals surface area contributed by atoms with Crippen molar-refractivity contribution in [1.82, 2.24) is 10.6 Å². The largest absolute Gasteiger partial charge is 0.363 e. The highest BCUT2D eigenvalue weighted by molar-refractivity contribution is 6.47. The maximum atomic E-state index is 10.7. The lowest BCUT2D eigenvalue weighted by Crippen LogP contribution is -2.18. The lowest BCUT2D eigenvalue weighted by molar-refractivity contribution is -0.113. The predicted octanol–water partition coefficient (Wildman–Crippen LogP) is -1.04. The Bertz CT molecular complexity index is 228. The second-order valence-electron chi connectivity index (χ2n) is 1.87. The molecule has 0 saturated heterocycles. The van der Waals surface area contributed by atoms with Crippen LogP contribution >= 0.6 is 0 Å². The van der Waals surface area contributed by atoms with E-state index in [-0.39, 0.29) is 5.91 Å². The number of fused-ring (bicyclic) bond motifs is 1. The molecule has 0 aromatic carbocycles. The molecule has 0 saturated carbocycles. The molecule has 0 spiro atoms. The number of nitrogens with one attached hydrogen (secondary N) is 2. The van der Waals surface area contributed by atoms with Crippen LogP contribution in [0.1, 0.15) is 0 Å². The Balaban J connectivity index is 2.45. The normalized spacial score (nSPS) is 22.0. The number of rotatable bonds is 0. The predicted molar refractivity (Wildman–Crippen MR) is 31.7 cm³/mol. The van der Waals surface area contributed by atoms with Crippen molar-refractivity contribution in [2.75, 3.05) is 6.67 Å². The van der Waals surface area contributed by atoms with Gasteiger partial charge in [-0.2, -0.15) is 0 Å². The highest BCUT2D eigenvalue weighted by Gasteiger charge is 2.24. The van der Waals surface area contributed by atoms with Crippen molar-refractivity contribution < 1.29 is 4.79 Å². The second-order valence-corrected chi connectivity index (χ2v) is 1.87. The zero-order valence-corrected chi connectivity index (χ0v) is 4.64. The molecule has 0 fully saturated rings. The van der Waals surface area contributed by atoms with Gasteiger partial charge >= 0.3 is 0 Å². The average molecular weight is 123 g/mol.